The van der Waals surface area contributed by atoms with Crippen LogP contribution in [0.3, 0.4) is 0 Å². The minimum atomic E-state index is -4.55. The third-order valence-corrected chi connectivity index (χ3v) is 2.15. The van der Waals surface area contributed by atoms with Crippen LogP contribution in [0.15, 0.2) is 18.2 Å². The Morgan fingerprint density at radius 3 is 2.44 bits per heavy atom. The second-order valence-corrected chi connectivity index (χ2v) is 3.16. The number of methoxy groups -OCH3 is 1. The van der Waals surface area contributed by atoms with E-state index in [0.717, 1.165) is 6.07 Å². The number of alkyl halides is 3. The molecule has 0 heterocycles. The highest BCUT2D eigenvalue weighted by Crippen LogP contribution is 2.36. The highest BCUT2D eigenvalue weighted by molar-refractivity contribution is 6.00. The molecule has 0 unspecified atom stereocenters. The van der Waals surface area contributed by atoms with Gasteiger partial charge in [0.1, 0.15) is 5.75 Å². The van der Waals surface area contributed by atoms with E-state index >= 15 is 0 Å². The molecule has 0 aromatic heterocycles. The summed E-state index contributed by atoms with van der Waals surface area (Å²) >= 11 is 0. The van der Waals surface area contributed by atoms with Crippen molar-refractivity contribution in [3.8, 4) is 5.75 Å². The van der Waals surface area contributed by atoms with E-state index in [1.54, 1.807) is 0 Å². The zero-order valence-electron chi connectivity index (χ0n) is 8.89. The maximum atomic E-state index is 12.7. The van der Waals surface area contributed by atoms with E-state index in [0.29, 0.717) is 0 Å². The normalized spacial score (nSPS) is 11.3. The van der Waals surface area contributed by atoms with Crippen LogP contribution in [0.1, 0.15) is 29.3 Å². The number of hydrogen-bond acceptors (Lipinski definition) is 2. The summed E-state index contributed by atoms with van der Waals surface area (Å²) in [6, 6.07) is 3.44. The van der Waals surface area contributed by atoms with Gasteiger partial charge in [-0.3, -0.25) is 4.79 Å². The third-order valence-electron chi connectivity index (χ3n) is 2.15. The Balaban J connectivity index is 3.44. The SMILES string of the molecule is CCC(=O)c1c(OC)cccc1C(F)(F)F. The van der Waals surface area contributed by atoms with Gasteiger partial charge in [-0.1, -0.05) is 13.0 Å². The predicted octanol–water partition coefficient (Wildman–Crippen LogP) is 3.31. The molecule has 16 heavy (non-hydrogen) atoms. The van der Waals surface area contributed by atoms with Crippen molar-refractivity contribution in [2.24, 2.45) is 0 Å². The monoisotopic (exact) mass is 232 g/mol. The first-order valence-corrected chi connectivity index (χ1v) is 4.69. The summed E-state index contributed by atoms with van der Waals surface area (Å²) in [5, 5.41) is 0. The Bertz CT molecular complexity index is 397. The molecule has 1 rings (SSSR count). The van der Waals surface area contributed by atoms with E-state index in [-0.39, 0.29) is 17.7 Å². The Labute approximate surface area is 91.0 Å². The fourth-order valence-corrected chi connectivity index (χ4v) is 1.40. The average molecular weight is 232 g/mol. The molecule has 2 nitrogen and oxygen atoms in total. The molecule has 0 atom stereocenters. The summed E-state index contributed by atoms with van der Waals surface area (Å²) in [6.07, 6.45) is -4.54. The van der Waals surface area contributed by atoms with Gasteiger partial charge in [0.15, 0.2) is 5.78 Å². The highest BCUT2D eigenvalue weighted by atomic mass is 19.4. The first-order chi connectivity index (χ1) is 7.41. The van der Waals surface area contributed by atoms with E-state index in [1.807, 2.05) is 0 Å². The van der Waals surface area contributed by atoms with Crippen molar-refractivity contribution >= 4 is 5.78 Å². The van der Waals surface area contributed by atoms with Gasteiger partial charge in [-0.15, -0.1) is 0 Å². The molecule has 1 aromatic carbocycles. The van der Waals surface area contributed by atoms with Crippen LogP contribution < -0.4 is 4.74 Å². The molecule has 0 fully saturated rings. The fraction of sp³-hybridized carbons (Fsp3) is 0.364. The summed E-state index contributed by atoms with van der Waals surface area (Å²) in [5.41, 5.74) is -1.33. The standard InChI is InChI=1S/C11H11F3O2/c1-3-8(15)10-7(11(12,13)14)5-4-6-9(10)16-2/h4-6H,3H2,1-2H3. The zero-order valence-corrected chi connectivity index (χ0v) is 8.89. The molecule has 5 heteroatoms. The fourth-order valence-electron chi connectivity index (χ4n) is 1.40. The van der Waals surface area contributed by atoms with Crippen molar-refractivity contribution in [2.75, 3.05) is 7.11 Å². The third kappa shape index (κ3) is 2.35. The molecule has 0 aliphatic heterocycles. The van der Waals surface area contributed by atoms with E-state index < -0.39 is 17.5 Å². The first kappa shape index (κ1) is 12.5. The number of rotatable bonds is 3. The van der Waals surface area contributed by atoms with E-state index in [2.05, 4.69) is 0 Å². The molecule has 0 bridgehead atoms. The predicted molar refractivity (Wildman–Crippen MR) is 52.6 cm³/mol. The van der Waals surface area contributed by atoms with Crippen molar-refractivity contribution in [2.45, 2.75) is 19.5 Å². The minimum absolute atomic E-state index is 0.00343. The summed E-state index contributed by atoms with van der Waals surface area (Å²) in [7, 11) is 1.24. The van der Waals surface area contributed by atoms with E-state index in [9.17, 15) is 18.0 Å². The van der Waals surface area contributed by atoms with Crippen LogP contribution in [-0.2, 0) is 6.18 Å². The Hall–Kier alpha value is -1.52. The topological polar surface area (TPSA) is 26.3 Å². The molecule has 1 aromatic rings. The van der Waals surface area contributed by atoms with Crippen molar-refractivity contribution < 1.29 is 22.7 Å². The number of ether oxygens (including phenoxy) is 1. The van der Waals surface area contributed by atoms with Crippen LogP contribution in [0.4, 0.5) is 13.2 Å². The second kappa shape index (κ2) is 4.55. The number of hydrogen-bond donors (Lipinski definition) is 0. The molecule has 0 amide bonds. The van der Waals surface area contributed by atoms with E-state index in [1.165, 1.54) is 26.2 Å². The summed E-state index contributed by atoms with van der Waals surface area (Å²) in [5.74, 6) is -0.619. The number of carbonyl (C=O) groups excluding carboxylic acids is 1. The van der Waals surface area contributed by atoms with Gasteiger partial charge in [-0.05, 0) is 12.1 Å². The molecule has 0 saturated heterocycles. The Morgan fingerprint density at radius 2 is 2.00 bits per heavy atom. The lowest BCUT2D eigenvalue weighted by molar-refractivity contribution is -0.138. The molecule has 0 spiro atoms. The number of Topliss-reactive ketones (excluding diaryl/α,β-unsaturated/α-hetero) is 1. The van der Waals surface area contributed by atoms with Crippen molar-refractivity contribution in [3.63, 3.8) is 0 Å². The molecule has 0 radical (unpaired) electrons. The van der Waals surface area contributed by atoms with Gasteiger partial charge < -0.3 is 4.74 Å². The van der Waals surface area contributed by atoms with Gasteiger partial charge in [0, 0.05) is 6.42 Å². The average Bonchev–Trinajstić information content (AvgIpc) is 2.25. The van der Waals surface area contributed by atoms with Crippen LogP contribution in [-0.4, -0.2) is 12.9 Å². The van der Waals surface area contributed by atoms with Crippen LogP contribution in [0.5, 0.6) is 5.75 Å². The molecule has 0 N–H and O–H groups in total. The van der Waals surface area contributed by atoms with Gasteiger partial charge in [-0.2, -0.15) is 13.2 Å². The quantitative estimate of drug-likeness (QED) is 0.747. The van der Waals surface area contributed by atoms with Gasteiger partial charge in [-0.25, -0.2) is 0 Å². The molecule has 0 saturated carbocycles. The number of ketones is 1. The molecule has 88 valence electrons. The van der Waals surface area contributed by atoms with Gasteiger partial charge in [0.25, 0.3) is 0 Å². The maximum absolute atomic E-state index is 12.7. The van der Waals surface area contributed by atoms with Gasteiger partial charge >= 0.3 is 6.18 Å². The van der Waals surface area contributed by atoms with Crippen LogP contribution >= 0.6 is 0 Å². The summed E-state index contributed by atoms with van der Waals surface area (Å²) < 4.78 is 42.7. The highest BCUT2D eigenvalue weighted by Gasteiger charge is 2.36. The lowest BCUT2D eigenvalue weighted by atomic mass is 10.0. The minimum Gasteiger partial charge on any atom is -0.496 e. The first-order valence-electron chi connectivity index (χ1n) is 4.69. The van der Waals surface area contributed by atoms with Crippen molar-refractivity contribution in [1.82, 2.24) is 0 Å². The largest absolute Gasteiger partial charge is 0.496 e. The number of carbonyl (C=O) groups is 1. The van der Waals surface area contributed by atoms with Crippen molar-refractivity contribution in [1.29, 1.82) is 0 Å². The van der Waals surface area contributed by atoms with Gasteiger partial charge in [0.05, 0.1) is 18.2 Å². The lowest BCUT2D eigenvalue weighted by Crippen LogP contribution is -2.14. The van der Waals surface area contributed by atoms with Crippen LogP contribution in [0, 0.1) is 0 Å². The van der Waals surface area contributed by atoms with Gasteiger partial charge in [0.2, 0.25) is 0 Å². The van der Waals surface area contributed by atoms with Crippen LogP contribution in [0.25, 0.3) is 0 Å². The molecular formula is C11H11F3O2. The molecular weight excluding hydrogens is 221 g/mol. The lowest BCUT2D eigenvalue weighted by Gasteiger charge is -2.14. The summed E-state index contributed by atoms with van der Waals surface area (Å²) in [4.78, 5) is 11.5. The smallest absolute Gasteiger partial charge is 0.417 e. The second-order valence-electron chi connectivity index (χ2n) is 3.16. The number of halogens is 3. The molecule has 0 aliphatic rings. The Morgan fingerprint density at radius 1 is 1.38 bits per heavy atom. The van der Waals surface area contributed by atoms with Crippen molar-refractivity contribution in [3.05, 3.63) is 29.3 Å². The molecule has 0 aliphatic carbocycles. The number of benzene rings is 1. The van der Waals surface area contributed by atoms with E-state index in [4.69, 9.17) is 4.74 Å². The van der Waals surface area contributed by atoms with Crippen LogP contribution in [0.2, 0.25) is 0 Å². The maximum Gasteiger partial charge on any atom is 0.417 e. The summed E-state index contributed by atoms with van der Waals surface area (Å²) in [6.45, 7) is 1.51. The Kier molecular flexibility index (Phi) is 3.57. The zero-order chi connectivity index (χ0) is 12.3.